The van der Waals surface area contributed by atoms with Crippen LogP contribution in [0.25, 0.3) is 6.08 Å². The second-order valence-corrected chi connectivity index (χ2v) is 9.41. The quantitative estimate of drug-likeness (QED) is 0.222. The van der Waals surface area contributed by atoms with Gasteiger partial charge in [-0.25, -0.2) is 14.6 Å². The van der Waals surface area contributed by atoms with Gasteiger partial charge in [-0.3, -0.25) is 14.4 Å². The number of amides is 5. The van der Waals surface area contributed by atoms with Gasteiger partial charge in [0, 0.05) is 5.69 Å². The number of hydrogen-bond acceptors (Lipinski definition) is 6. The second kappa shape index (κ2) is 12.2. The zero-order chi connectivity index (χ0) is 29.6. The summed E-state index contributed by atoms with van der Waals surface area (Å²) in [6.07, 6.45) is 1.40. The van der Waals surface area contributed by atoms with Crippen molar-refractivity contribution in [2.45, 2.75) is 6.92 Å². The molecular formula is C33H27N3O6. The normalized spacial score (nSPS) is 13.2. The minimum atomic E-state index is -0.773. The van der Waals surface area contributed by atoms with Crippen LogP contribution >= 0.6 is 0 Å². The molecule has 5 amide bonds. The monoisotopic (exact) mass is 561 g/mol. The lowest BCUT2D eigenvalue weighted by Crippen LogP contribution is -2.57. The van der Waals surface area contributed by atoms with Gasteiger partial charge < -0.3 is 14.8 Å². The van der Waals surface area contributed by atoms with Crippen LogP contribution < -0.4 is 24.6 Å². The van der Waals surface area contributed by atoms with Crippen molar-refractivity contribution in [3.63, 3.8) is 0 Å². The van der Waals surface area contributed by atoms with E-state index in [4.69, 9.17) is 9.47 Å². The van der Waals surface area contributed by atoms with Gasteiger partial charge in [-0.15, -0.1) is 0 Å². The van der Waals surface area contributed by atoms with E-state index in [2.05, 4.69) is 5.32 Å². The number of urea groups is 1. The minimum absolute atomic E-state index is 0.212. The number of imide groups is 2. The molecule has 42 heavy (non-hydrogen) atoms. The Hall–Kier alpha value is -5.70. The van der Waals surface area contributed by atoms with E-state index in [0.29, 0.717) is 34.1 Å². The standard InChI is InChI=1S/C33H27N3O6/c1-22-10-9-11-24(18-22)34-30(37)21-42-28-17-16-23(20-29(28)41-2)19-27-31(38)35(25-12-5-3-6-13-25)33(40)36(32(27)39)26-14-7-4-8-15-26/h3-20H,21H2,1-2H3,(H,34,37). The number of barbiturate groups is 1. The number of aryl methyl sites for hydroxylation is 1. The van der Waals surface area contributed by atoms with Gasteiger partial charge in [-0.05, 0) is 72.7 Å². The fraction of sp³-hybridized carbons (Fsp3) is 0.0909. The smallest absolute Gasteiger partial charge is 0.343 e. The van der Waals surface area contributed by atoms with E-state index in [-0.39, 0.29) is 18.1 Å². The van der Waals surface area contributed by atoms with Crippen molar-refractivity contribution in [2.24, 2.45) is 0 Å². The molecular weight excluding hydrogens is 534 g/mol. The van der Waals surface area contributed by atoms with Crippen LogP contribution in [0.4, 0.5) is 21.9 Å². The molecule has 1 heterocycles. The number of carbonyl (C=O) groups excluding carboxylic acids is 4. The Morgan fingerprint density at radius 1 is 0.762 bits per heavy atom. The maximum Gasteiger partial charge on any atom is 0.343 e. The number of para-hydroxylation sites is 2. The Balaban J connectivity index is 1.42. The minimum Gasteiger partial charge on any atom is -0.493 e. The van der Waals surface area contributed by atoms with E-state index >= 15 is 0 Å². The maximum absolute atomic E-state index is 13.6. The molecule has 1 N–H and O–H groups in total. The molecule has 1 fully saturated rings. The molecule has 0 unspecified atom stereocenters. The lowest BCUT2D eigenvalue weighted by Gasteiger charge is -2.33. The van der Waals surface area contributed by atoms with Crippen molar-refractivity contribution < 1.29 is 28.7 Å². The Kier molecular flexibility index (Phi) is 8.10. The summed E-state index contributed by atoms with van der Waals surface area (Å²) in [4.78, 5) is 55.0. The van der Waals surface area contributed by atoms with Gasteiger partial charge in [0.05, 0.1) is 18.5 Å². The molecule has 0 bridgehead atoms. The summed E-state index contributed by atoms with van der Waals surface area (Å²) in [6.45, 7) is 1.67. The molecule has 1 aliphatic heterocycles. The summed E-state index contributed by atoms with van der Waals surface area (Å²) in [7, 11) is 1.44. The van der Waals surface area contributed by atoms with Crippen LogP contribution in [0.3, 0.4) is 0 Å². The van der Waals surface area contributed by atoms with Crippen LogP contribution in [0.1, 0.15) is 11.1 Å². The van der Waals surface area contributed by atoms with Crippen LogP contribution in [0.5, 0.6) is 11.5 Å². The highest BCUT2D eigenvalue weighted by molar-refractivity contribution is 6.46. The molecule has 4 aromatic rings. The van der Waals surface area contributed by atoms with Crippen LogP contribution in [0, 0.1) is 6.92 Å². The first-order valence-electron chi connectivity index (χ1n) is 13.1. The number of methoxy groups -OCH3 is 1. The summed E-state index contributed by atoms with van der Waals surface area (Å²) in [5, 5.41) is 2.78. The first-order valence-corrected chi connectivity index (χ1v) is 13.1. The molecule has 0 aliphatic carbocycles. The van der Waals surface area contributed by atoms with E-state index in [0.717, 1.165) is 15.4 Å². The summed E-state index contributed by atoms with van der Waals surface area (Å²) < 4.78 is 11.2. The Morgan fingerprint density at radius 2 is 1.38 bits per heavy atom. The molecule has 1 saturated heterocycles. The number of anilines is 3. The van der Waals surface area contributed by atoms with Crippen molar-refractivity contribution in [3.05, 3.63) is 120 Å². The molecule has 1 aliphatic rings. The van der Waals surface area contributed by atoms with E-state index in [1.807, 2.05) is 25.1 Å². The number of ether oxygens (including phenoxy) is 2. The maximum atomic E-state index is 13.6. The van der Waals surface area contributed by atoms with Gasteiger partial charge in [-0.1, -0.05) is 54.6 Å². The highest BCUT2D eigenvalue weighted by atomic mass is 16.5. The van der Waals surface area contributed by atoms with Crippen molar-refractivity contribution in [1.29, 1.82) is 0 Å². The fourth-order valence-corrected chi connectivity index (χ4v) is 4.46. The van der Waals surface area contributed by atoms with Crippen molar-refractivity contribution in [2.75, 3.05) is 28.8 Å². The van der Waals surface area contributed by atoms with Crippen molar-refractivity contribution in [3.8, 4) is 11.5 Å². The van der Waals surface area contributed by atoms with E-state index < -0.39 is 17.8 Å². The number of rotatable bonds is 8. The molecule has 0 radical (unpaired) electrons. The lowest BCUT2D eigenvalue weighted by molar-refractivity contribution is -0.121. The largest absolute Gasteiger partial charge is 0.493 e. The van der Waals surface area contributed by atoms with Gasteiger partial charge >= 0.3 is 6.03 Å². The molecule has 9 nitrogen and oxygen atoms in total. The van der Waals surface area contributed by atoms with Crippen LogP contribution in [0.15, 0.2) is 109 Å². The van der Waals surface area contributed by atoms with E-state index in [1.54, 1.807) is 84.9 Å². The summed E-state index contributed by atoms with van der Waals surface area (Å²) in [5.74, 6) is -1.27. The first kappa shape index (κ1) is 27.9. The summed E-state index contributed by atoms with van der Waals surface area (Å²) in [6, 6.07) is 28.2. The number of nitrogens with one attached hydrogen (secondary N) is 1. The Bertz CT molecular complexity index is 1620. The zero-order valence-electron chi connectivity index (χ0n) is 22.9. The number of hydrogen-bond donors (Lipinski definition) is 1. The van der Waals surface area contributed by atoms with Crippen LogP contribution in [-0.4, -0.2) is 37.5 Å². The first-order chi connectivity index (χ1) is 20.4. The predicted octanol–water partition coefficient (Wildman–Crippen LogP) is 5.60. The molecule has 0 spiro atoms. The summed E-state index contributed by atoms with van der Waals surface area (Å²) in [5.41, 5.74) is 2.57. The Morgan fingerprint density at radius 3 is 1.95 bits per heavy atom. The van der Waals surface area contributed by atoms with Crippen molar-refractivity contribution >= 4 is 46.9 Å². The number of nitrogens with zero attached hydrogens (tertiary/aromatic N) is 2. The van der Waals surface area contributed by atoms with Gasteiger partial charge in [0.2, 0.25) is 0 Å². The van der Waals surface area contributed by atoms with Gasteiger partial charge in [0.1, 0.15) is 5.57 Å². The predicted molar refractivity (Wildman–Crippen MR) is 160 cm³/mol. The fourth-order valence-electron chi connectivity index (χ4n) is 4.46. The zero-order valence-corrected chi connectivity index (χ0v) is 22.9. The molecule has 0 aromatic heterocycles. The lowest BCUT2D eigenvalue weighted by atomic mass is 10.0. The van der Waals surface area contributed by atoms with Crippen molar-refractivity contribution in [1.82, 2.24) is 0 Å². The van der Waals surface area contributed by atoms with E-state index in [1.165, 1.54) is 13.2 Å². The molecule has 9 heteroatoms. The Labute approximate surface area is 242 Å². The average molecular weight is 562 g/mol. The number of carbonyl (C=O) groups is 4. The average Bonchev–Trinajstić information content (AvgIpc) is 2.99. The van der Waals surface area contributed by atoms with Gasteiger partial charge in [-0.2, -0.15) is 0 Å². The molecule has 0 saturated carbocycles. The van der Waals surface area contributed by atoms with E-state index in [9.17, 15) is 19.2 Å². The molecule has 4 aromatic carbocycles. The highest BCUT2D eigenvalue weighted by Gasteiger charge is 2.43. The van der Waals surface area contributed by atoms with Gasteiger partial charge in [0.15, 0.2) is 18.1 Å². The second-order valence-electron chi connectivity index (χ2n) is 9.41. The van der Waals surface area contributed by atoms with Crippen LogP contribution in [-0.2, 0) is 14.4 Å². The third-order valence-electron chi connectivity index (χ3n) is 6.44. The SMILES string of the molecule is COc1cc(C=C2C(=O)N(c3ccccc3)C(=O)N(c3ccccc3)C2=O)ccc1OCC(=O)Nc1cccc(C)c1. The number of benzene rings is 4. The third-order valence-corrected chi connectivity index (χ3v) is 6.44. The van der Waals surface area contributed by atoms with Gasteiger partial charge in [0.25, 0.3) is 17.7 Å². The molecule has 5 rings (SSSR count). The highest BCUT2D eigenvalue weighted by Crippen LogP contribution is 2.32. The third kappa shape index (κ3) is 5.90. The molecule has 210 valence electrons. The summed E-state index contributed by atoms with van der Waals surface area (Å²) >= 11 is 0. The topological polar surface area (TPSA) is 105 Å². The van der Waals surface area contributed by atoms with Crippen LogP contribution in [0.2, 0.25) is 0 Å². The molecule has 0 atom stereocenters.